The molecule has 2 aromatic heterocycles. The Kier molecular flexibility index (Phi) is 3.69. The van der Waals surface area contributed by atoms with Gasteiger partial charge in [-0.05, 0) is 13.0 Å². The Morgan fingerprint density at radius 1 is 1.58 bits per heavy atom. The largest absolute Gasteiger partial charge is 0.477 e. The molecule has 19 heavy (non-hydrogen) atoms. The summed E-state index contributed by atoms with van der Waals surface area (Å²) in [5.74, 6) is -0.778. The summed E-state index contributed by atoms with van der Waals surface area (Å²) in [4.78, 5) is 11.2. The van der Waals surface area contributed by atoms with Crippen molar-refractivity contribution in [2.75, 3.05) is 0 Å². The van der Waals surface area contributed by atoms with Gasteiger partial charge in [0.25, 0.3) is 0 Å². The summed E-state index contributed by atoms with van der Waals surface area (Å²) >= 11 is 0.918. The van der Waals surface area contributed by atoms with Crippen molar-refractivity contribution in [3.05, 3.63) is 33.8 Å². The topological polar surface area (TPSA) is 110 Å². The van der Waals surface area contributed by atoms with Gasteiger partial charge < -0.3 is 9.63 Å². The molecule has 2 N–H and O–H groups in total. The summed E-state index contributed by atoms with van der Waals surface area (Å²) < 4.78 is 31.1. The SMILES string of the molecule is Cc1sc(C(=O)O)cc1S(=O)(=O)NCc1ccno1. The highest BCUT2D eigenvalue weighted by atomic mass is 32.2. The number of nitrogens with one attached hydrogen (secondary N) is 1. The van der Waals surface area contributed by atoms with Crippen molar-refractivity contribution < 1.29 is 22.8 Å². The van der Waals surface area contributed by atoms with Crippen LogP contribution in [0, 0.1) is 6.92 Å². The van der Waals surface area contributed by atoms with Crippen LogP contribution in [0.15, 0.2) is 27.7 Å². The Labute approximate surface area is 112 Å². The lowest BCUT2D eigenvalue weighted by molar-refractivity contribution is 0.0702. The van der Waals surface area contributed by atoms with Gasteiger partial charge in [-0.15, -0.1) is 11.3 Å². The van der Waals surface area contributed by atoms with Crippen LogP contribution in [0.3, 0.4) is 0 Å². The van der Waals surface area contributed by atoms with Crippen molar-refractivity contribution in [3.8, 4) is 0 Å². The van der Waals surface area contributed by atoms with Gasteiger partial charge in [-0.2, -0.15) is 0 Å². The summed E-state index contributed by atoms with van der Waals surface area (Å²) in [6.45, 7) is 1.51. The molecule has 9 heteroatoms. The van der Waals surface area contributed by atoms with E-state index in [4.69, 9.17) is 9.63 Å². The third-order valence-electron chi connectivity index (χ3n) is 2.30. The molecule has 2 heterocycles. The first-order chi connectivity index (χ1) is 8.90. The van der Waals surface area contributed by atoms with E-state index in [0.29, 0.717) is 10.6 Å². The molecule has 0 atom stereocenters. The quantitative estimate of drug-likeness (QED) is 0.859. The van der Waals surface area contributed by atoms with Gasteiger partial charge in [-0.3, -0.25) is 0 Å². The van der Waals surface area contributed by atoms with E-state index in [1.807, 2.05) is 0 Å². The molecule has 0 aliphatic heterocycles. The maximum absolute atomic E-state index is 12.0. The number of sulfonamides is 1. The van der Waals surface area contributed by atoms with Gasteiger partial charge in [0.1, 0.15) is 4.88 Å². The Morgan fingerprint density at radius 3 is 2.84 bits per heavy atom. The second-order valence-corrected chi connectivity index (χ2v) is 6.63. The fourth-order valence-electron chi connectivity index (χ4n) is 1.41. The molecule has 0 fully saturated rings. The lowest BCUT2D eigenvalue weighted by Gasteiger charge is -2.03. The van der Waals surface area contributed by atoms with Crippen LogP contribution in [0.5, 0.6) is 0 Å². The third-order valence-corrected chi connectivity index (χ3v) is 5.00. The van der Waals surface area contributed by atoms with Crippen molar-refractivity contribution in [1.82, 2.24) is 9.88 Å². The molecular formula is C10H10N2O5S2. The highest BCUT2D eigenvalue weighted by Gasteiger charge is 2.22. The van der Waals surface area contributed by atoms with Gasteiger partial charge in [0, 0.05) is 10.9 Å². The standard InChI is InChI=1S/C10H10N2O5S2/c1-6-9(4-8(18-6)10(13)14)19(15,16)12-5-7-2-3-11-17-7/h2-4,12H,5H2,1H3,(H,13,14). The van der Waals surface area contributed by atoms with Gasteiger partial charge in [0.15, 0.2) is 5.76 Å². The predicted molar refractivity (Wildman–Crippen MR) is 66.5 cm³/mol. The van der Waals surface area contributed by atoms with Crippen molar-refractivity contribution in [2.24, 2.45) is 0 Å². The maximum Gasteiger partial charge on any atom is 0.345 e. The molecule has 0 aliphatic rings. The number of carboxylic acids is 1. The molecule has 2 aromatic rings. The van der Waals surface area contributed by atoms with Gasteiger partial charge in [-0.25, -0.2) is 17.9 Å². The number of aromatic carboxylic acids is 1. The Morgan fingerprint density at radius 2 is 2.32 bits per heavy atom. The van der Waals surface area contributed by atoms with Gasteiger partial charge in [-0.1, -0.05) is 5.16 Å². The lowest BCUT2D eigenvalue weighted by Crippen LogP contribution is -2.23. The van der Waals surface area contributed by atoms with Crippen LogP contribution < -0.4 is 4.72 Å². The van der Waals surface area contributed by atoms with Crippen LogP contribution in [0.4, 0.5) is 0 Å². The molecule has 7 nitrogen and oxygen atoms in total. The van der Waals surface area contributed by atoms with E-state index in [1.54, 1.807) is 6.92 Å². The summed E-state index contributed by atoms with van der Waals surface area (Å²) in [5, 5.41) is 12.3. The first kappa shape index (κ1) is 13.7. The van der Waals surface area contributed by atoms with Crippen molar-refractivity contribution in [1.29, 1.82) is 0 Å². The first-order valence-corrected chi connectivity index (χ1v) is 7.43. The summed E-state index contributed by atoms with van der Waals surface area (Å²) in [7, 11) is -3.77. The third kappa shape index (κ3) is 3.00. The number of aromatic nitrogens is 1. The average Bonchev–Trinajstić information content (AvgIpc) is 2.95. The second kappa shape index (κ2) is 5.11. The summed E-state index contributed by atoms with van der Waals surface area (Å²) in [6, 6.07) is 2.68. The van der Waals surface area contributed by atoms with E-state index in [1.165, 1.54) is 12.3 Å². The molecule has 0 saturated heterocycles. The van der Waals surface area contributed by atoms with Crippen LogP contribution >= 0.6 is 11.3 Å². The van der Waals surface area contributed by atoms with E-state index in [-0.39, 0.29) is 16.3 Å². The van der Waals surface area contributed by atoms with E-state index < -0.39 is 16.0 Å². The van der Waals surface area contributed by atoms with Crippen molar-refractivity contribution in [3.63, 3.8) is 0 Å². The molecule has 0 saturated carbocycles. The smallest absolute Gasteiger partial charge is 0.345 e. The van der Waals surface area contributed by atoms with Crippen LogP contribution in [-0.2, 0) is 16.6 Å². The molecule has 0 radical (unpaired) electrons. The zero-order valence-corrected chi connectivity index (χ0v) is 11.4. The molecule has 0 unspecified atom stereocenters. The number of carbonyl (C=O) groups is 1. The Bertz CT molecular complexity index is 688. The number of rotatable bonds is 5. The second-order valence-electron chi connectivity index (χ2n) is 3.64. The predicted octanol–water partition coefficient (Wildman–Crippen LogP) is 1.22. The Balaban J connectivity index is 2.22. The average molecular weight is 302 g/mol. The summed E-state index contributed by atoms with van der Waals surface area (Å²) in [5.41, 5.74) is 0. The highest BCUT2D eigenvalue weighted by molar-refractivity contribution is 7.89. The first-order valence-electron chi connectivity index (χ1n) is 5.13. The molecule has 0 amide bonds. The molecule has 0 spiro atoms. The van der Waals surface area contributed by atoms with Gasteiger partial charge in [0.2, 0.25) is 10.0 Å². The zero-order valence-electron chi connectivity index (χ0n) is 9.78. The number of hydrogen-bond donors (Lipinski definition) is 2. The number of nitrogens with zero attached hydrogens (tertiary/aromatic N) is 1. The van der Waals surface area contributed by atoms with Crippen molar-refractivity contribution >= 4 is 27.3 Å². The molecule has 0 aliphatic carbocycles. The maximum atomic E-state index is 12.0. The normalized spacial score (nSPS) is 11.6. The number of hydrogen-bond acceptors (Lipinski definition) is 6. The van der Waals surface area contributed by atoms with E-state index in [0.717, 1.165) is 17.4 Å². The summed E-state index contributed by atoms with van der Waals surface area (Å²) in [6.07, 6.45) is 1.40. The lowest BCUT2D eigenvalue weighted by atomic mass is 10.4. The highest BCUT2D eigenvalue weighted by Crippen LogP contribution is 2.25. The van der Waals surface area contributed by atoms with Gasteiger partial charge >= 0.3 is 5.97 Å². The molecule has 0 bridgehead atoms. The van der Waals surface area contributed by atoms with E-state index >= 15 is 0 Å². The minimum Gasteiger partial charge on any atom is -0.477 e. The fourth-order valence-corrected chi connectivity index (χ4v) is 3.84. The Hall–Kier alpha value is -1.71. The minimum atomic E-state index is -3.77. The van der Waals surface area contributed by atoms with Crippen LogP contribution in [0.2, 0.25) is 0 Å². The molecule has 2 rings (SSSR count). The van der Waals surface area contributed by atoms with E-state index in [2.05, 4.69) is 9.88 Å². The molecule has 102 valence electrons. The number of thiophene rings is 1. The van der Waals surface area contributed by atoms with Crippen molar-refractivity contribution in [2.45, 2.75) is 18.4 Å². The van der Waals surface area contributed by atoms with Crippen LogP contribution in [0.1, 0.15) is 20.3 Å². The number of aryl methyl sites for hydroxylation is 1. The minimum absolute atomic E-state index is 0.0162. The molecule has 0 aromatic carbocycles. The monoisotopic (exact) mass is 302 g/mol. The number of carboxylic acid groups (broad SMARTS) is 1. The van der Waals surface area contributed by atoms with Crippen LogP contribution in [0.25, 0.3) is 0 Å². The van der Waals surface area contributed by atoms with Gasteiger partial charge in [0.05, 0.1) is 17.6 Å². The zero-order chi connectivity index (χ0) is 14.0. The molecular weight excluding hydrogens is 292 g/mol. The van der Waals surface area contributed by atoms with Crippen LogP contribution in [-0.4, -0.2) is 24.7 Å². The van der Waals surface area contributed by atoms with E-state index in [9.17, 15) is 13.2 Å². The fraction of sp³-hybridized carbons (Fsp3) is 0.200.